The monoisotopic (exact) mass is 285 g/mol. The number of benzene rings is 1. The molecule has 1 aromatic rings. The summed E-state index contributed by atoms with van der Waals surface area (Å²) in [6.45, 7) is 3.68. The van der Waals surface area contributed by atoms with Gasteiger partial charge in [0.05, 0.1) is 7.11 Å². The number of methoxy groups -OCH3 is 1. The first-order chi connectivity index (χ1) is 10.1. The molecule has 112 valence electrons. The van der Waals surface area contributed by atoms with E-state index in [1.807, 2.05) is 0 Å². The fourth-order valence-corrected chi connectivity index (χ4v) is 5.22. The van der Waals surface area contributed by atoms with Gasteiger partial charge in [-0.3, -0.25) is 4.79 Å². The van der Waals surface area contributed by atoms with Gasteiger partial charge in [0.15, 0.2) is 0 Å². The van der Waals surface area contributed by atoms with E-state index in [4.69, 9.17) is 4.74 Å². The Labute approximate surface area is 126 Å². The number of hydrogen-bond donors (Lipinski definition) is 0. The Kier molecular flexibility index (Phi) is 2.82. The van der Waals surface area contributed by atoms with Crippen molar-refractivity contribution in [1.82, 2.24) is 4.90 Å². The summed E-state index contributed by atoms with van der Waals surface area (Å²) in [4.78, 5) is 13.9. The molecule has 1 saturated carbocycles. The Hall–Kier alpha value is -1.51. The molecule has 0 N–H and O–H groups in total. The summed E-state index contributed by atoms with van der Waals surface area (Å²) in [5.74, 6) is 2.57. The molecule has 3 unspecified atom stereocenters. The van der Waals surface area contributed by atoms with Gasteiger partial charge < -0.3 is 9.64 Å². The second-order valence-corrected chi connectivity index (χ2v) is 7.02. The van der Waals surface area contributed by atoms with Crippen LogP contribution in [0, 0.1) is 11.3 Å². The molecule has 1 aromatic carbocycles. The molecule has 2 aliphatic carbocycles. The summed E-state index contributed by atoms with van der Waals surface area (Å²) < 4.78 is 5.37. The number of aryl methyl sites for hydroxylation is 1. The Morgan fingerprint density at radius 1 is 1.38 bits per heavy atom. The third kappa shape index (κ3) is 1.76. The zero-order chi connectivity index (χ0) is 14.6. The molecule has 21 heavy (non-hydrogen) atoms. The molecular weight excluding hydrogens is 262 g/mol. The van der Waals surface area contributed by atoms with Gasteiger partial charge in [-0.2, -0.15) is 0 Å². The Bertz CT molecular complexity index is 597. The highest BCUT2D eigenvalue weighted by Gasteiger charge is 2.57. The van der Waals surface area contributed by atoms with E-state index in [1.165, 1.54) is 30.4 Å². The molecule has 0 aromatic heterocycles. The van der Waals surface area contributed by atoms with Crippen molar-refractivity contribution in [2.24, 2.45) is 11.3 Å². The minimum Gasteiger partial charge on any atom is -0.497 e. The third-order valence-corrected chi connectivity index (χ3v) is 6.27. The second kappa shape index (κ2) is 4.49. The average Bonchev–Trinajstić information content (AvgIpc) is 3.01. The van der Waals surface area contributed by atoms with Gasteiger partial charge in [-0.15, -0.1) is 0 Å². The lowest BCUT2D eigenvalue weighted by Gasteiger charge is -2.41. The molecule has 1 amide bonds. The largest absolute Gasteiger partial charge is 0.497 e. The van der Waals surface area contributed by atoms with Gasteiger partial charge in [0, 0.05) is 20.0 Å². The van der Waals surface area contributed by atoms with Crippen LogP contribution in [0.15, 0.2) is 18.2 Å². The highest BCUT2D eigenvalue weighted by molar-refractivity contribution is 5.73. The maximum absolute atomic E-state index is 11.8. The highest BCUT2D eigenvalue weighted by atomic mass is 16.5. The number of rotatable bonds is 1. The molecule has 2 fully saturated rings. The van der Waals surface area contributed by atoms with Gasteiger partial charge in [0.1, 0.15) is 5.75 Å². The summed E-state index contributed by atoms with van der Waals surface area (Å²) in [5.41, 5.74) is 3.34. The number of carbonyl (C=O) groups excluding carboxylic acids is 1. The molecule has 3 nitrogen and oxygen atoms in total. The van der Waals surface area contributed by atoms with Gasteiger partial charge in [-0.25, -0.2) is 0 Å². The first kappa shape index (κ1) is 13.2. The number of carbonyl (C=O) groups is 1. The zero-order valence-electron chi connectivity index (χ0n) is 12.9. The standard InChI is InChI=1S/C18H23NO2/c1-12(20)19-10-14-3-6-17-16-5-4-15(21-2)9-13(16)7-8-18(14,17)11-19/h4-5,9,14,17H,3,6-8,10-11H2,1-2H3. The third-order valence-electron chi connectivity index (χ3n) is 6.27. The Morgan fingerprint density at radius 2 is 2.24 bits per heavy atom. The fourth-order valence-electron chi connectivity index (χ4n) is 5.22. The predicted octanol–water partition coefficient (Wildman–Crippen LogP) is 2.98. The molecule has 1 saturated heterocycles. The summed E-state index contributed by atoms with van der Waals surface area (Å²) >= 11 is 0. The lowest BCUT2D eigenvalue weighted by molar-refractivity contribution is -0.128. The van der Waals surface area contributed by atoms with Crippen LogP contribution in [0.3, 0.4) is 0 Å². The topological polar surface area (TPSA) is 29.5 Å². The van der Waals surface area contributed by atoms with Crippen molar-refractivity contribution in [3.8, 4) is 5.75 Å². The smallest absolute Gasteiger partial charge is 0.219 e. The quantitative estimate of drug-likeness (QED) is 0.794. The summed E-state index contributed by atoms with van der Waals surface area (Å²) in [5, 5.41) is 0. The first-order valence-corrected chi connectivity index (χ1v) is 8.06. The van der Waals surface area contributed by atoms with E-state index in [0.29, 0.717) is 17.3 Å². The lowest BCUT2D eigenvalue weighted by Crippen LogP contribution is -2.37. The number of hydrogen-bond acceptors (Lipinski definition) is 2. The van der Waals surface area contributed by atoms with Crippen LogP contribution in [-0.2, 0) is 11.2 Å². The van der Waals surface area contributed by atoms with Gasteiger partial charge in [-0.1, -0.05) is 6.07 Å². The molecule has 1 aliphatic heterocycles. The van der Waals surface area contributed by atoms with Crippen LogP contribution >= 0.6 is 0 Å². The molecule has 0 bridgehead atoms. The van der Waals surface area contributed by atoms with Crippen LogP contribution in [0.4, 0.5) is 0 Å². The van der Waals surface area contributed by atoms with Crippen molar-refractivity contribution >= 4 is 5.91 Å². The van der Waals surface area contributed by atoms with Gasteiger partial charge in [-0.05, 0) is 66.2 Å². The summed E-state index contributed by atoms with van der Waals surface area (Å²) in [6, 6.07) is 6.59. The number of ether oxygens (including phenoxy) is 1. The molecule has 1 heterocycles. The zero-order valence-corrected chi connectivity index (χ0v) is 12.9. The average molecular weight is 285 g/mol. The molecule has 3 atom stereocenters. The van der Waals surface area contributed by atoms with E-state index in [9.17, 15) is 4.79 Å². The van der Waals surface area contributed by atoms with Crippen molar-refractivity contribution in [1.29, 1.82) is 0 Å². The van der Waals surface area contributed by atoms with E-state index < -0.39 is 0 Å². The van der Waals surface area contributed by atoms with Gasteiger partial charge >= 0.3 is 0 Å². The SMILES string of the molecule is COc1ccc2c(c1)CCC13CN(C(C)=O)CC1CCC23. The molecular formula is C18H23NO2. The van der Waals surface area contributed by atoms with Crippen molar-refractivity contribution < 1.29 is 9.53 Å². The number of likely N-dealkylation sites (tertiary alicyclic amines) is 1. The fraction of sp³-hybridized carbons (Fsp3) is 0.611. The number of amides is 1. The maximum atomic E-state index is 11.8. The van der Waals surface area contributed by atoms with E-state index >= 15 is 0 Å². The molecule has 3 heteroatoms. The number of nitrogens with zero attached hydrogens (tertiary/aromatic N) is 1. The van der Waals surface area contributed by atoms with Gasteiger partial charge in [0.2, 0.25) is 5.91 Å². The lowest BCUT2D eigenvalue weighted by atomic mass is 9.63. The summed E-state index contributed by atoms with van der Waals surface area (Å²) in [6.07, 6.45) is 4.92. The normalized spacial score (nSPS) is 33.3. The van der Waals surface area contributed by atoms with Crippen LogP contribution in [0.5, 0.6) is 5.75 Å². The van der Waals surface area contributed by atoms with Crippen molar-refractivity contribution in [2.45, 2.75) is 38.5 Å². The highest BCUT2D eigenvalue weighted by Crippen LogP contribution is 2.61. The molecule has 0 radical (unpaired) electrons. The van der Waals surface area contributed by atoms with Gasteiger partial charge in [0.25, 0.3) is 0 Å². The van der Waals surface area contributed by atoms with Crippen molar-refractivity contribution in [3.05, 3.63) is 29.3 Å². The number of fused-ring (bicyclic) bond motifs is 2. The van der Waals surface area contributed by atoms with Crippen molar-refractivity contribution in [2.75, 3.05) is 20.2 Å². The van der Waals surface area contributed by atoms with Crippen LogP contribution in [0.25, 0.3) is 0 Å². The first-order valence-electron chi connectivity index (χ1n) is 8.06. The predicted molar refractivity (Wildman–Crippen MR) is 81.5 cm³/mol. The van der Waals surface area contributed by atoms with E-state index in [0.717, 1.165) is 25.3 Å². The van der Waals surface area contributed by atoms with Crippen LogP contribution in [0.1, 0.15) is 43.2 Å². The van der Waals surface area contributed by atoms with Crippen LogP contribution in [0.2, 0.25) is 0 Å². The van der Waals surface area contributed by atoms with E-state index in [1.54, 1.807) is 14.0 Å². The second-order valence-electron chi connectivity index (χ2n) is 7.02. The van der Waals surface area contributed by atoms with Crippen LogP contribution < -0.4 is 4.74 Å². The Morgan fingerprint density at radius 3 is 3.00 bits per heavy atom. The maximum Gasteiger partial charge on any atom is 0.219 e. The minimum absolute atomic E-state index is 0.248. The molecule has 3 aliphatic rings. The Balaban J connectivity index is 1.72. The van der Waals surface area contributed by atoms with Crippen molar-refractivity contribution in [3.63, 3.8) is 0 Å². The molecule has 4 rings (SSSR count). The summed E-state index contributed by atoms with van der Waals surface area (Å²) in [7, 11) is 1.74. The minimum atomic E-state index is 0.248. The molecule has 1 spiro atoms. The van der Waals surface area contributed by atoms with E-state index in [2.05, 4.69) is 23.1 Å². The van der Waals surface area contributed by atoms with E-state index in [-0.39, 0.29) is 5.91 Å². The van der Waals surface area contributed by atoms with Crippen LogP contribution in [-0.4, -0.2) is 31.0 Å².